The average molecular weight is 344 g/mol. The van der Waals surface area contributed by atoms with Gasteiger partial charge in [0.2, 0.25) is 0 Å². The summed E-state index contributed by atoms with van der Waals surface area (Å²) in [5, 5.41) is 0. The van der Waals surface area contributed by atoms with Crippen LogP contribution in [0.15, 0.2) is 29.3 Å². The molecule has 1 atom stereocenters. The van der Waals surface area contributed by atoms with Gasteiger partial charge in [0.25, 0.3) is 5.56 Å². The second-order valence-corrected chi connectivity index (χ2v) is 7.13. The van der Waals surface area contributed by atoms with Crippen LogP contribution in [-0.2, 0) is 20.0 Å². The fraction of sp³-hybridized carbons (Fsp3) is 0.571. The van der Waals surface area contributed by atoms with Gasteiger partial charge in [-0.2, -0.15) is 0 Å². The molecule has 1 aromatic rings. The van der Waals surface area contributed by atoms with Crippen LogP contribution in [0.25, 0.3) is 5.57 Å². The lowest BCUT2D eigenvalue weighted by atomic mass is 9.92. The van der Waals surface area contributed by atoms with Crippen molar-refractivity contribution in [2.45, 2.75) is 59.7 Å². The first kappa shape index (κ1) is 19.5. The molecule has 2 aliphatic heterocycles. The second kappa shape index (κ2) is 8.05. The standard InChI is InChI=1S/C19H27N3O.C2H6/c1-13(2)22-10-15(7-6-14(22)3)17-12-21(5)19(23)16-8-9-20(4)11-18(16)17;1-2/h6-7,10,12-14H,8-9,11H2,1-5H3;1-2H3. The monoisotopic (exact) mass is 343 g/mol. The van der Waals surface area contributed by atoms with Crippen molar-refractivity contribution in [1.82, 2.24) is 14.4 Å². The maximum atomic E-state index is 12.5. The topological polar surface area (TPSA) is 28.5 Å². The third-order valence-corrected chi connectivity index (χ3v) is 4.98. The van der Waals surface area contributed by atoms with E-state index in [1.165, 1.54) is 16.7 Å². The van der Waals surface area contributed by atoms with Crippen LogP contribution < -0.4 is 5.56 Å². The molecule has 4 nitrogen and oxygen atoms in total. The number of hydrogen-bond acceptors (Lipinski definition) is 3. The van der Waals surface area contributed by atoms with Crippen LogP contribution in [0.5, 0.6) is 0 Å². The maximum absolute atomic E-state index is 12.5. The number of rotatable bonds is 2. The van der Waals surface area contributed by atoms with E-state index >= 15 is 0 Å². The number of allylic oxidation sites excluding steroid dienone is 2. The highest BCUT2D eigenvalue weighted by atomic mass is 16.1. The lowest BCUT2D eigenvalue weighted by Gasteiger charge is -2.34. The predicted molar refractivity (Wildman–Crippen MR) is 107 cm³/mol. The predicted octanol–water partition coefficient (Wildman–Crippen LogP) is 3.41. The summed E-state index contributed by atoms with van der Waals surface area (Å²) in [5.74, 6) is 0. The van der Waals surface area contributed by atoms with Crippen LogP contribution in [0.3, 0.4) is 0 Å². The molecular formula is C21H33N3O. The highest BCUT2D eigenvalue weighted by molar-refractivity contribution is 5.77. The maximum Gasteiger partial charge on any atom is 0.253 e. The molecule has 4 heteroatoms. The Morgan fingerprint density at radius 3 is 2.48 bits per heavy atom. The SMILES string of the molecule is CC.CC(C)N1C=C(c2cn(C)c(=O)c3c2CN(C)CC3)C=CC1C. The first-order valence-electron chi connectivity index (χ1n) is 9.46. The minimum Gasteiger partial charge on any atom is -0.368 e. The van der Waals surface area contributed by atoms with Gasteiger partial charge in [-0.3, -0.25) is 4.79 Å². The molecule has 0 N–H and O–H groups in total. The molecule has 0 amide bonds. The Morgan fingerprint density at radius 2 is 1.84 bits per heavy atom. The number of likely N-dealkylation sites (N-methyl/N-ethyl adjacent to an activating group) is 1. The van der Waals surface area contributed by atoms with Gasteiger partial charge in [-0.25, -0.2) is 0 Å². The molecule has 0 radical (unpaired) electrons. The molecule has 0 aromatic carbocycles. The zero-order chi connectivity index (χ0) is 18.7. The number of aromatic nitrogens is 1. The van der Waals surface area contributed by atoms with Crippen LogP contribution in [0.1, 0.15) is 51.3 Å². The van der Waals surface area contributed by atoms with Crippen molar-refractivity contribution in [3.8, 4) is 0 Å². The Labute approximate surface area is 152 Å². The first-order valence-corrected chi connectivity index (χ1v) is 9.46. The van der Waals surface area contributed by atoms with Gasteiger partial charge in [-0.05, 0) is 45.4 Å². The van der Waals surface area contributed by atoms with Gasteiger partial charge in [0.1, 0.15) is 0 Å². The first-order chi connectivity index (χ1) is 11.9. The molecule has 0 bridgehead atoms. The minimum absolute atomic E-state index is 0.159. The smallest absolute Gasteiger partial charge is 0.253 e. The van der Waals surface area contributed by atoms with Crippen molar-refractivity contribution in [3.63, 3.8) is 0 Å². The number of nitrogens with zero attached hydrogens (tertiary/aromatic N) is 3. The van der Waals surface area contributed by atoms with Gasteiger partial charge in [0.05, 0.1) is 0 Å². The van der Waals surface area contributed by atoms with Gasteiger partial charge in [-0.15, -0.1) is 0 Å². The van der Waals surface area contributed by atoms with Crippen LogP contribution in [-0.4, -0.2) is 40.0 Å². The molecule has 138 valence electrons. The summed E-state index contributed by atoms with van der Waals surface area (Å²) in [5.41, 5.74) is 4.76. The molecule has 1 unspecified atom stereocenters. The van der Waals surface area contributed by atoms with Gasteiger partial charge < -0.3 is 14.4 Å². The normalized spacial score (nSPS) is 20.1. The van der Waals surface area contributed by atoms with Gasteiger partial charge >= 0.3 is 0 Å². The lowest BCUT2D eigenvalue weighted by Crippen LogP contribution is -2.36. The number of fused-ring (bicyclic) bond motifs is 1. The molecule has 3 rings (SSSR count). The molecular weight excluding hydrogens is 310 g/mol. The summed E-state index contributed by atoms with van der Waals surface area (Å²) < 4.78 is 1.74. The molecule has 25 heavy (non-hydrogen) atoms. The van der Waals surface area contributed by atoms with E-state index in [0.717, 1.165) is 25.1 Å². The van der Waals surface area contributed by atoms with Gasteiger partial charge in [-0.1, -0.05) is 26.0 Å². The molecule has 2 aliphatic rings. The third kappa shape index (κ3) is 3.90. The van der Waals surface area contributed by atoms with Crippen molar-refractivity contribution >= 4 is 5.57 Å². The molecule has 0 saturated heterocycles. The van der Waals surface area contributed by atoms with Crippen molar-refractivity contribution in [1.29, 1.82) is 0 Å². The van der Waals surface area contributed by atoms with Crippen molar-refractivity contribution in [3.05, 3.63) is 51.6 Å². The van der Waals surface area contributed by atoms with Crippen LogP contribution in [0.2, 0.25) is 0 Å². The zero-order valence-electron chi connectivity index (χ0n) is 16.8. The minimum atomic E-state index is 0.159. The van der Waals surface area contributed by atoms with E-state index < -0.39 is 0 Å². The van der Waals surface area contributed by atoms with E-state index in [0.29, 0.717) is 12.1 Å². The number of pyridine rings is 1. The summed E-state index contributed by atoms with van der Waals surface area (Å²) in [7, 11) is 3.98. The van der Waals surface area contributed by atoms with Crippen molar-refractivity contribution < 1.29 is 0 Å². The van der Waals surface area contributed by atoms with Crippen LogP contribution in [0, 0.1) is 0 Å². The van der Waals surface area contributed by atoms with E-state index in [1.54, 1.807) is 4.57 Å². The number of aryl methyl sites for hydroxylation is 1. The largest absolute Gasteiger partial charge is 0.368 e. The Kier molecular flexibility index (Phi) is 6.28. The Morgan fingerprint density at radius 1 is 1.16 bits per heavy atom. The van der Waals surface area contributed by atoms with Crippen LogP contribution >= 0.6 is 0 Å². The summed E-state index contributed by atoms with van der Waals surface area (Å²) in [6.45, 7) is 12.5. The molecule has 0 aliphatic carbocycles. The average Bonchev–Trinajstić information content (AvgIpc) is 2.60. The quantitative estimate of drug-likeness (QED) is 0.824. The number of hydrogen-bond donors (Lipinski definition) is 0. The second-order valence-electron chi connectivity index (χ2n) is 7.13. The molecule has 0 saturated carbocycles. The lowest BCUT2D eigenvalue weighted by molar-refractivity contribution is 0.275. The van der Waals surface area contributed by atoms with E-state index in [2.05, 4.69) is 56.0 Å². The zero-order valence-corrected chi connectivity index (χ0v) is 16.8. The molecule has 3 heterocycles. The van der Waals surface area contributed by atoms with Crippen LogP contribution in [0.4, 0.5) is 0 Å². The highest BCUT2D eigenvalue weighted by Crippen LogP contribution is 2.29. The van der Waals surface area contributed by atoms with Crippen molar-refractivity contribution in [2.75, 3.05) is 13.6 Å². The summed E-state index contributed by atoms with van der Waals surface area (Å²) in [6.07, 6.45) is 9.56. The van der Waals surface area contributed by atoms with Crippen molar-refractivity contribution in [2.24, 2.45) is 7.05 Å². The fourth-order valence-electron chi connectivity index (χ4n) is 3.62. The van der Waals surface area contributed by atoms with E-state index in [9.17, 15) is 4.79 Å². The Balaban J connectivity index is 0.00000109. The molecule has 0 spiro atoms. The Bertz CT molecular complexity index is 727. The van der Waals surface area contributed by atoms with Gasteiger partial charge in [0, 0.05) is 55.7 Å². The van der Waals surface area contributed by atoms with E-state index in [1.807, 2.05) is 27.1 Å². The molecule has 1 aromatic heterocycles. The van der Waals surface area contributed by atoms with E-state index in [-0.39, 0.29) is 5.56 Å². The van der Waals surface area contributed by atoms with E-state index in [4.69, 9.17) is 0 Å². The summed E-state index contributed by atoms with van der Waals surface area (Å²) in [6, 6.07) is 0.862. The highest BCUT2D eigenvalue weighted by Gasteiger charge is 2.24. The van der Waals surface area contributed by atoms with Gasteiger partial charge in [0.15, 0.2) is 0 Å². The third-order valence-electron chi connectivity index (χ3n) is 4.98. The summed E-state index contributed by atoms with van der Waals surface area (Å²) >= 11 is 0. The summed E-state index contributed by atoms with van der Waals surface area (Å²) in [4.78, 5) is 17.1. The Hall–Kier alpha value is -1.81. The fourth-order valence-corrected chi connectivity index (χ4v) is 3.62. The molecule has 0 fully saturated rings.